The lowest BCUT2D eigenvalue weighted by Crippen LogP contribution is -2.44. The Kier molecular flexibility index (Phi) is 9.69. The highest BCUT2D eigenvalue weighted by molar-refractivity contribution is 7.97. The predicted molar refractivity (Wildman–Crippen MR) is 116 cm³/mol. The third-order valence-corrected chi connectivity index (χ3v) is 5.43. The Balaban J connectivity index is 0.000000596. The van der Waals surface area contributed by atoms with Crippen LogP contribution in [0.5, 0.6) is 0 Å². The minimum Gasteiger partial charge on any atom is -0.388 e. The van der Waals surface area contributed by atoms with Gasteiger partial charge in [0.15, 0.2) is 0 Å². The summed E-state index contributed by atoms with van der Waals surface area (Å²) in [5, 5.41) is 3.20. The van der Waals surface area contributed by atoms with Crippen LogP contribution < -0.4 is 5.32 Å². The number of carbonyl (C=O) groups excluding carboxylic acids is 1. The summed E-state index contributed by atoms with van der Waals surface area (Å²) in [7, 11) is 1.97. The van der Waals surface area contributed by atoms with E-state index in [1.54, 1.807) is 0 Å². The Bertz CT molecular complexity index is 679. The molecule has 27 heavy (non-hydrogen) atoms. The van der Waals surface area contributed by atoms with E-state index in [-0.39, 0.29) is 0 Å². The monoisotopic (exact) mass is 383 g/mol. The molecule has 0 saturated carbocycles. The van der Waals surface area contributed by atoms with Crippen LogP contribution in [0, 0.1) is 0 Å². The van der Waals surface area contributed by atoms with Crippen LogP contribution in [-0.2, 0) is 11.2 Å². The number of aldehydes is 1. The smallest absolute Gasteiger partial charge is 0.142 e. The molecule has 5 heteroatoms. The van der Waals surface area contributed by atoms with Crippen LogP contribution in [-0.4, -0.2) is 55.3 Å². The van der Waals surface area contributed by atoms with Crippen molar-refractivity contribution in [1.29, 1.82) is 0 Å². The molecule has 0 aromatic heterocycles. The number of hydrogen-bond acceptors (Lipinski definition) is 5. The molecule has 0 aliphatic carbocycles. The van der Waals surface area contributed by atoms with Gasteiger partial charge in [0.2, 0.25) is 0 Å². The molecule has 3 rings (SSSR count). The zero-order valence-corrected chi connectivity index (χ0v) is 16.8. The van der Waals surface area contributed by atoms with Crippen molar-refractivity contribution in [3.63, 3.8) is 0 Å². The van der Waals surface area contributed by atoms with Crippen molar-refractivity contribution in [2.75, 3.05) is 45.1 Å². The molecule has 1 heterocycles. The van der Waals surface area contributed by atoms with Gasteiger partial charge in [0, 0.05) is 50.4 Å². The van der Waals surface area contributed by atoms with E-state index in [0.29, 0.717) is 6.29 Å². The molecule has 0 spiro atoms. The molecule has 0 unspecified atom stereocenters. The number of benzene rings is 2. The van der Waals surface area contributed by atoms with Gasteiger partial charge in [-0.15, -0.1) is 0 Å². The van der Waals surface area contributed by atoms with Crippen molar-refractivity contribution < 1.29 is 4.79 Å². The first-order valence-electron chi connectivity index (χ1n) is 9.28. The van der Waals surface area contributed by atoms with Gasteiger partial charge in [-0.3, -0.25) is 4.79 Å². The molecule has 1 saturated heterocycles. The molecule has 0 atom stereocenters. The SMILES string of the molecule is C=CC=O.CNc1cccc(SN2CCN(CCc3ccccc3)CC2)c1. The number of piperazine rings is 1. The highest BCUT2D eigenvalue weighted by Gasteiger charge is 2.17. The van der Waals surface area contributed by atoms with E-state index in [0.717, 1.165) is 39.1 Å². The Labute approximate surface area is 167 Å². The summed E-state index contributed by atoms with van der Waals surface area (Å²) in [6.45, 7) is 8.85. The van der Waals surface area contributed by atoms with Crippen molar-refractivity contribution in [1.82, 2.24) is 9.21 Å². The fourth-order valence-electron chi connectivity index (χ4n) is 2.83. The molecule has 1 aliphatic rings. The number of carbonyl (C=O) groups is 1. The van der Waals surface area contributed by atoms with Gasteiger partial charge in [-0.2, -0.15) is 0 Å². The van der Waals surface area contributed by atoms with Gasteiger partial charge < -0.3 is 10.2 Å². The normalized spacial score (nSPS) is 14.7. The summed E-state index contributed by atoms with van der Waals surface area (Å²) in [4.78, 5) is 12.9. The second kappa shape index (κ2) is 12.3. The minimum absolute atomic E-state index is 0.639. The van der Waals surface area contributed by atoms with E-state index < -0.39 is 0 Å². The van der Waals surface area contributed by atoms with Crippen molar-refractivity contribution in [2.45, 2.75) is 11.3 Å². The summed E-state index contributed by atoms with van der Waals surface area (Å²) >= 11 is 1.88. The fraction of sp³-hybridized carbons (Fsp3) is 0.318. The standard InChI is InChI=1S/C19H25N3S.C3H4O/c1-20-18-8-5-9-19(16-18)23-22-14-12-21(13-15-22)11-10-17-6-3-2-4-7-17;1-2-3-4/h2-9,16,20H,10-15H2,1H3;2-3H,1H2. The van der Waals surface area contributed by atoms with Gasteiger partial charge in [-0.1, -0.05) is 43.0 Å². The summed E-state index contributed by atoms with van der Waals surface area (Å²) in [6.07, 6.45) is 2.98. The molecular weight excluding hydrogens is 354 g/mol. The summed E-state index contributed by atoms with van der Waals surface area (Å²) in [6, 6.07) is 19.4. The first kappa shape index (κ1) is 21.2. The Morgan fingerprint density at radius 3 is 2.41 bits per heavy atom. The zero-order chi connectivity index (χ0) is 19.3. The Hall–Kier alpha value is -2.08. The van der Waals surface area contributed by atoms with Crippen LogP contribution in [0.1, 0.15) is 5.56 Å². The molecule has 0 amide bonds. The predicted octanol–water partition coefficient (Wildman–Crippen LogP) is 3.97. The largest absolute Gasteiger partial charge is 0.388 e. The maximum Gasteiger partial charge on any atom is 0.142 e. The fourth-order valence-corrected chi connectivity index (χ4v) is 3.80. The Morgan fingerprint density at radius 2 is 1.78 bits per heavy atom. The van der Waals surface area contributed by atoms with Crippen LogP contribution in [0.25, 0.3) is 0 Å². The number of allylic oxidation sites excluding steroid dienone is 1. The topological polar surface area (TPSA) is 35.6 Å². The third-order valence-electron chi connectivity index (χ3n) is 4.34. The number of hydrogen-bond donors (Lipinski definition) is 1. The zero-order valence-electron chi connectivity index (χ0n) is 16.0. The molecule has 1 fully saturated rings. The maximum absolute atomic E-state index is 9.06. The van der Waals surface area contributed by atoms with E-state index in [1.165, 1.54) is 22.2 Å². The number of nitrogens with one attached hydrogen (secondary N) is 1. The molecule has 0 bridgehead atoms. The second-order valence-electron chi connectivity index (χ2n) is 6.25. The van der Waals surface area contributed by atoms with E-state index in [4.69, 9.17) is 4.79 Å². The molecule has 0 radical (unpaired) electrons. The van der Waals surface area contributed by atoms with Crippen LogP contribution in [0.3, 0.4) is 0 Å². The minimum atomic E-state index is 0.639. The van der Waals surface area contributed by atoms with Gasteiger partial charge in [0.05, 0.1) is 0 Å². The van der Waals surface area contributed by atoms with Crippen LogP contribution in [0.4, 0.5) is 5.69 Å². The lowest BCUT2D eigenvalue weighted by Gasteiger charge is -2.33. The molecule has 144 valence electrons. The summed E-state index contributed by atoms with van der Waals surface area (Å²) < 4.78 is 2.48. The average molecular weight is 384 g/mol. The highest BCUT2D eigenvalue weighted by atomic mass is 32.2. The first-order chi connectivity index (χ1) is 13.2. The van der Waals surface area contributed by atoms with Crippen LogP contribution >= 0.6 is 11.9 Å². The maximum atomic E-state index is 9.06. The molecule has 2 aromatic rings. The van der Waals surface area contributed by atoms with E-state index in [9.17, 15) is 0 Å². The molecule has 1 aliphatic heterocycles. The van der Waals surface area contributed by atoms with Crippen molar-refractivity contribution in [3.05, 3.63) is 72.8 Å². The second-order valence-corrected chi connectivity index (χ2v) is 7.42. The average Bonchev–Trinajstić information content (AvgIpc) is 2.74. The Morgan fingerprint density at radius 1 is 1.07 bits per heavy atom. The molecule has 1 N–H and O–H groups in total. The number of nitrogens with zero attached hydrogens (tertiary/aromatic N) is 2. The van der Waals surface area contributed by atoms with Gasteiger partial charge in [-0.05, 0) is 48.2 Å². The van der Waals surface area contributed by atoms with Gasteiger partial charge >= 0.3 is 0 Å². The van der Waals surface area contributed by atoms with Crippen molar-refractivity contribution in [3.8, 4) is 0 Å². The van der Waals surface area contributed by atoms with Crippen molar-refractivity contribution in [2.24, 2.45) is 0 Å². The molecule has 2 aromatic carbocycles. The van der Waals surface area contributed by atoms with Gasteiger partial charge in [-0.25, -0.2) is 4.31 Å². The van der Waals surface area contributed by atoms with E-state index >= 15 is 0 Å². The summed E-state index contributed by atoms with van der Waals surface area (Å²) in [5.74, 6) is 0. The molecule has 4 nitrogen and oxygen atoms in total. The van der Waals surface area contributed by atoms with E-state index in [1.807, 2.05) is 19.0 Å². The number of rotatable bonds is 7. The third kappa shape index (κ3) is 7.99. The number of anilines is 1. The van der Waals surface area contributed by atoms with Gasteiger partial charge in [0.25, 0.3) is 0 Å². The van der Waals surface area contributed by atoms with Crippen LogP contribution in [0.15, 0.2) is 72.1 Å². The van der Waals surface area contributed by atoms with E-state index in [2.05, 4.69) is 75.7 Å². The van der Waals surface area contributed by atoms with Crippen LogP contribution in [0.2, 0.25) is 0 Å². The first-order valence-corrected chi connectivity index (χ1v) is 10.1. The highest BCUT2D eigenvalue weighted by Crippen LogP contribution is 2.26. The van der Waals surface area contributed by atoms with Crippen molar-refractivity contribution >= 4 is 23.9 Å². The lowest BCUT2D eigenvalue weighted by atomic mass is 10.1. The molecular formula is C22H29N3OS. The summed E-state index contributed by atoms with van der Waals surface area (Å²) in [5.41, 5.74) is 2.62. The van der Waals surface area contributed by atoms with Gasteiger partial charge in [0.1, 0.15) is 6.29 Å². The quantitative estimate of drug-likeness (QED) is 0.445. The lowest BCUT2D eigenvalue weighted by molar-refractivity contribution is -0.104.